The number of carboxylic acids is 1. The number of nitrogens with zero attached hydrogens (tertiary/aromatic N) is 1. The summed E-state index contributed by atoms with van der Waals surface area (Å²) in [4.78, 5) is 37.4. The van der Waals surface area contributed by atoms with Gasteiger partial charge in [-0.05, 0) is 122 Å². The first-order valence-corrected chi connectivity index (χ1v) is 33.6. The molecule has 0 spiro atoms. The van der Waals surface area contributed by atoms with Crippen molar-refractivity contribution in [3.63, 3.8) is 0 Å². The maximum atomic E-state index is 12.9. The molecule has 0 aromatic carbocycles. The van der Waals surface area contributed by atoms with E-state index >= 15 is 0 Å². The van der Waals surface area contributed by atoms with Crippen LogP contribution in [0.4, 0.5) is 0 Å². The zero-order chi connectivity index (χ0) is 61.9. The third-order valence-electron chi connectivity index (χ3n) is 13.8. The number of quaternary nitrogens is 1. The van der Waals surface area contributed by atoms with Gasteiger partial charge in [0.25, 0.3) is 0 Å². The van der Waals surface area contributed by atoms with Crippen LogP contribution in [0.1, 0.15) is 245 Å². The summed E-state index contributed by atoms with van der Waals surface area (Å²) in [6.45, 7) is 4.46. The van der Waals surface area contributed by atoms with Crippen LogP contribution in [-0.4, -0.2) is 82.3 Å². The molecule has 2 unspecified atom stereocenters. The van der Waals surface area contributed by atoms with Crippen molar-refractivity contribution in [2.45, 2.75) is 257 Å². The molecule has 9 heteroatoms. The van der Waals surface area contributed by atoms with Crippen LogP contribution in [0.15, 0.2) is 158 Å². The molecule has 0 heterocycles. The molecule has 0 saturated heterocycles. The van der Waals surface area contributed by atoms with Gasteiger partial charge in [-0.2, -0.15) is 0 Å². The van der Waals surface area contributed by atoms with Gasteiger partial charge >= 0.3 is 11.9 Å². The van der Waals surface area contributed by atoms with Gasteiger partial charge in [-0.1, -0.05) is 268 Å². The van der Waals surface area contributed by atoms with Gasteiger partial charge in [-0.15, -0.1) is 0 Å². The van der Waals surface area contributed by atoms with Crippen molar-refractivity contribution in [3.05, 3.63) is 158 Å². The smallest absolute Gasteiger partial charge is 0.306 e. The van der Waals surface area contributed by atoms with Crippen LogP contribution in [-0.2, 0) is 33.3 Å². The summed E-state index contributed by atoms with van der Waals surface area (Å²) in [6, 6.07) is 0. The Balaban J connectivity index is 4.23. The molecule has 0 saturated carbocycles. The summed E-state index contributed by atoms with van der Waals surface area (Å²) in [5.74, 6) is -2.35. The maximum absolute atomic E-state index is 12.9. The van der Waals surface area contributed by atoms with E-state index in [1.807, 2.05) is 21.1 Å². The minimum absolute atomic E-state index is 0.131. The average Bonchev–Trinajstić information content (AvgIpc) is 3.48. The summed E-state index contributed by atoms with van der Waals surface area (Å²) in [7, 11) is 5.90. The standard InChI is InChI=1S/C76H123NO8/c1-6-8-10-12-14-16-18-20-22-24-26-28-30-32-34-35-36-37-38-39-41-42-44-46-48-50-52-54-56-58-60-62-64-66-73(78)83-70-72(71-84-76(75(80)81)82-69-68-77(3,4)5)85-74(79)67-65-63-61-59-57-55-53-51-49-47-45-43-40-33-31-29-27-25-23-21-19-17-15-13-11-9-7-2/h8-11,14-17,20-23,26-29,32-34,40,45,47,51,53,57,59,72,76H,6-7,12-13,18-19,24-25,30-31,35-39,41-44,46,48-50,52,54-56,58,60-71H2,1-5H3/b10-8-,11-9-,16-14-,17-15-,22-20-,23-21-,28-26-,29-27-,34-32-,40-33-,47-45-,53-51-,59-57-. The van der Waals surface area contributed by atoms with Crippen molar-refractivity contribution in [1.29, 1.82) is 0 Å². The second-order valence-corrected chi connectivity index (χ2v) is 23.0. The quantitative estimate of drug-likeness (QED) is 0.0195. The van der Waals surface area contributed by atoms with E-state index in [0.717, 1.165) is 116 Å². The Morgan fingerprint density at radius 2 is 0.635 bits per heavy atom. The molecule has 0 aliphatic carbocycles. The zero-order valence-corrected chi connectivity index (χ0v) is 54.7. The first-order chi connectivity index (χ1) is 41.6. The molecule has 9 nitrogen and oxygen atoms in total. The van der Waals surface area contributed by atoms with Crippen LogP contribution in [0.5, 0.6) is 0 Å². The number of carbonyl (C=O) groups excluding carboxylic acids is 3. The predicted molar refractivity (Wildman–Crippen MR) is 361 cm³/mol. The first kappa shape index (κ1) is 79.9. The number of rotatable bonds is 60. The molecule has 0 aliphatic rings. The Labute approximate surface area is 521 Å². The molecule has 0 amide bonds. The van der Waals surface area contributed by atoms with Crippen molar-refractivity contribution < 1.29 is 42.9 Å². The lowest BCUT2D eigenvalue weighted by Crippen LogP contribution is -2.44. The summed E-state index contributed by atoms with van der Waals surface area (Å²) in [5.41, 5.74) is 0. The highest BCUT2D eigenvalue weighted by molar-refractivity contribution is 5.70. The lowest BCUT2D eigenvalue weighted by atomic mass is 10.0. The number of carbonyl (C=O) groups is 3. The summed E-state index contributed by atoms with van der Waals surface area (Å²) in [6.07, 6.45) is 93.2. The summed E-state index contributed by atoms with van der Waals surface area (Å²) < 4.78 is 22.7. The highest BCUT2D eigenvalue weighted by Crippen LogP contribution is 2.16. The van der Waals surface area contributed by atoms with Gasteiger partial charge in [0.05, 0.1) is 40.3 Å². The Bertz CT molecular complexity index is 1950. The van der Waals surface area contributed by atoms with E-state index in [1.54, 1.807) is 0 Å². The van der Waals surface area contributed by atoms with E-state index in [0.29, 0.717) is 17.4 Å². The van der Waals surface area contributed by atoms with E-state index in [1.165, 1.54) is 96.3 Å². The molecule has 0 rings (SSSR count). The molecular formula is C76H123NO8. The van der Waals surface area contributed by atoms with Crippen molar-refractivity contribution in [3.8, 4) is 0 Å². The summed E-state index contributed by atoms with van der Waals surface area (Å²) in [5, 5.41) is 11.8. The fourth-order valence-electron chi connectivity index (χ4n) is 8.70. The third kappa shape index (κ3) is 66.3. The van der Waals surface area contributed by atoms with E-state index in [9.17, 15) is 19.5 Å². The van der Waals surface area contributed by atoms with Crippen molar-refractivity contribution in [2.24, 2.45) is 0 Å². The van der Waals surface area contributed by atoms with Crippen LogP contribution in [0, 0.1) is 0 Å². The normalized spacial score (nSPS) is 13.8. The molecule has 0 aromatic rings. The molecule has 0 N–H and O–H groups in total. The second kappa shape index (κ2) is 64.9. The van der Waals surface area contributed by atoms with E-state index in [2.05, 4.69) is 172 Å². The van der Waals surface area contributed by atoms with Crippen molar-refractivity contribution in [1.82, 2.24) is 0 Å². The maximum Gasteiger partial charge on any atom is 0.306 e. The molecule has 2 atom stereocenters. The van der Waals surface area contributed by atoms with Gasteiger partial charge in [0.1, 0.15) is 13.2 Å². The number of likely N-dealkylation sites (N-methyl/N-ethyl adjacent to an activating group) is 1. The largest absolute Gasteiger partial charge is 0.545 e. The van der Waals surface area contributed by atoms with Gasteiger partial charge in [-0.3, -0.25) is 9.59 Å². The monoisotopic (exact) mass is 1180 g/mol. The Morgan fingerprint density at radius 3 is 0.965 bits per heavy atom. The minimum atomic E-state index is -1.64. The van der Waals surface area contributed by atoms with E-state index < -0.39 is 24.3 Å². The zero-order valence-electron chi connectivity index (χ0n) is 54.7. The van der Waals surface area contributed by atoms with Gasteiger partial charge < -0.3 is 33.3 Å². The average molecular weight is 1180 g/mol. The van der Waals surface area contributed by atoms with Gasteiger partial charge in [0.15, 0.2) is 12.4 Å². The Morgan fingerprint density at radius 1 is 0.353 bits per heavy atom. The SMILES string of the molecule is CC/C=C\C/C=C\C/C=C\C/C=C\C/C=C\C/C=C\C/C=C\C/C=C\CCCCC(=O)OC(COC(=O)CCCCCCCCCCCCCCCCCCC/C=C\C/C=C\C/C=C\C/C=C\C/C=C\CC)COC(OCC[N+](C)(C)C)C(=O)[O-]. The number of ether oxygens (including phenoxy) is 4. The topological polar surface area (TPSA) is 111 Å². The molecule has 85 heavy (non-hydrogen) atoms. The molecule has 0 aromatic heterocycles. The fraction of sp³-hybridized carbons (Fsp3) is 0.618. The number of carboxylic acid groups (broad SMARTS) is 1. The molecular weight excluding hydrogens is 1050 g/mol. The molecule has 480 valence electrons. The lowest BCUT2D eigenvalue weighted by Gasteiger charge is -2.26. The number of hydrogen-bond acceptors (Lipinski definition) is 8. The second-order valence-electron chi connectivity index (χ2n) is 23.0. The predicted octanol–water partition coefficient (Wildman–Crippen LogP) is 19.6. The Kier molecular flexibility index (Phi) is 61.0. The number of esters is 2. The number of allylic oxidation sites excluding steroid dienone is 26. The van der Waals surface area contributed by atoms with Gasteiger partial charge in [-0.25, -0.2) is 0 Å². The van der Waals surface area contributed by atoms with Crippen LogP contribution in [0.3, 0.4) is 0 Å². The number of aliphatic carboxylic acids is 1. The van der Waals surface area contributed by atoms with Crippen LogP contribution in [0.25, 0.3) is 0 Å². The molecule has 0 aliphatic heterocycles. The number of hydrogen-bond donors (Lipinski definition) is 0. The van der Waals surface area contributed by atoms with Crippen LogP contribution >= 0.6 is 0 Å². The fourth-order valence-corrected chi connectivity index (χ4v) is 8.70. The molecule has 0 radical (unpaired) electrons. The van der Waals surface area contributed by atoms with E-state index in [-0.39, 0.29) is 38.6 Å². The summed E-state index contributed by atoms with van der Waals surface area (Å²) >= 11 is 0. The highest BCUT2D eigenvalue weighted by atomic mass is 16.7. The van der Waals surface area contributed by atoms with E-state index in [4.69, 9.17) is 18.9 Å². The number of unbranched alkanes of at least 4 members (excludes halogenated alkanes) is 19. The molecule has 0 bridgehead atoms. The van der Waals surface area contributed by atoms with Crippen LogP contribution < -0.4 is 5.11 Å². The third-order valence-corrected chi connectivity index (χ3v) is 13.8. The van der Waals surface area contributed by atoms with Crippen molar-refractivity contribution >= 4 is 17.9 Å². The first-order valence-electron chi connectivity index (χ1n) is 33.6. The Hall–Kier alpha value is -5.09. The minimum Gasteiger partial charge on any atom is -0.545 e. The lowest BCUT2D eigenvalue weighted by molar-refractivity contribution is -0.870. The van der Waals surface area contributed by atoms with Crippen molar-refractivity contribution in [2.75, 3.05) is 47.5 Å². The highest BCUT2D eigenvalue weighted by Gasteiger charge is 2.22. The van der Waals surface area contributed by atoms with Gasteiger partial charge in [0, 0.05) is 12.8 Å². The van der Waals surface area contributed by atoms with Crippen LogP contribution in [0.2, 0.25) is 0 Å². The van der Waals surface area contributed by atoms with Gasteiger partial charge in [0.2, 0.25) is 0 Å². The molecule has 0 fully saturated rings.